The lowest BCUT2D eigenvalue weighted by atomic mass is 10.2. The topological polar surface area (TPSA) is 81.7 Å². The Balaban J connectivity index is 1.89. The summed E-state index contributed by atoms with van der Waals surface area (Å²) in [5.74, 6) is 1.06. The van der Waals surface area contributed by atoms with Crippen LogP contribution in [-0.4, -0.2) is 38.2 Å². The molecule has 0 amide bonds. The van der Waals surface area contributed by atoms with E-state index in [-0.39, 0.29) is 6.04 Å². The molecule has 3 aromatic rings. The molecule has 0 bridgehead atoms. The van der Waals surface area contributed by atoms with Gasteiger partial charge in [-0.3, -0.25) is 0 Å². The van der Waals surface area contributed by atoms with Gasteiger partial charge < -0.3 is 9.84 Å². The molecule has 2 aromatic heterocycles. The number of likely N-dealkylation sites (N-methyl/N-ethyl adjacent to an activating group) is 1. The molecule has 1 aromatic carbocycles. The molecule has 22 heavy (non-hydrogen) atoms. The third-order valence-corrected chi connectivity index (χ3v) is 3.55. The average Bonchev–Trinajstić information content (AvgIpc) is 3.14. The number of aromatic nitrogens is 5. The van der Waals surface area contributed by atoms with Crippen molar-refractivity contribution in [2.24, 2.45) is 0 Å². The minimum atomic E-state index is 0.284. The molecule has 3 rings (SSSR count). The van der Waals surface area contributed by atoms with Gasteiger partial charge in [0.15, 0.2) is 11.5 Å². The molecule has 2 heterocycles. The van der Waals surface area contributed by atoms with Gasteiger partial charge in [-0.2, -0.15) is 4.98 Å². The maximum atomic E-state index is 5.32. The van der Waals surface area contributed by atoms with Gasteiger partial charge in [-0.1, -0.05) is 28.6 Å². The van der Waals surface area contributed by atoms with Gasteiger partial charge in [0.25, 0.3) is 5.89 Å². The van der Waals surface area contributed by atoms with Crippen molar-refractivity contribution in [3.8, 4) is 17.3 Å². The summed E-state index contributed by atoms with van der Waals surface area (Å²) in [4.78, 5) is 4.40. The zero-order chi connectivity index (χ0) is 15.5. The Morgan fingerprint density at radius 1 is 1.27 bits per heavy atom. The van der Waals surface area contributed by atoms with Crippen LogP contribution >= 0.6 is 0 Å². The molecule has 0 aliphatic heterocycles. The van der Waals surface area contributed by atoms with Crippen molar-refractivity contribution in [1.82, 2.24) is 30.5 Å². The van der Waals surface area contributed by atoms with Gasteiger partial charge in [-0.05, 0) is 33.0 Å². The fourth-order valence-electron chi connectivity index (χ4n) is 2.15. The second kappa shape index (κ2) is 6.07. The Morgan fingerprint density at radius 2 is 2.05 bits per heavy atom. The smallest absolute Gasteiger partial charge is 0.280 e. The molecule has 1 atom stereocenters. The molecule has 0 spiro atoms. The van der Waals surface area contributed by atoms with Crippen LogP contribution in [0.2, 0.25) is 0 Å². The van der Waals surface area contributed by atoms with Crippen LogP contribution in [0.3, 0.4) is 0 Å². The standard InChI is InChI=1S/C15H18N6O/c1-10(16-3)9-13-17-15(22-19-13)14-11(2)21(20-18-14)12-7-5-4-6-8-12/h4-8,10,16H,9H2,1-3H3. The summed E-state index contributed by atoms with van der Waals surface area (Å²) >= 11 is 0. The Morgan fingerprint density at radius 3 is 2.77 bits per heavy atom. The normalized spacial score (nSPS) is 12.5. The van der Waals surface area contributed by atoms with E-state index in [0.29, 0.717) is 23.8 Å². The van der Waals surface area contributed by atoms with Crippen molar-refractivity contribution >= 4 is 0 Å². The van der Waals surface area contributed by atoms with Crippen LogP contribution in [0.5, 0.6) is 0 Å². The summed E-state index contributed by atoms with van der Waals surface area (Å²) in [5.41, 5.74) is 2.42. The van der Waals surface area contributed by atoms with Crippen LogP contribution in [0.4, 0.5) is 0 Å². The molecule has 7 heteroatoms. The van der Waals surface area contributed by atoms with Gasteiger partial charge >= 0.3 is 0 Å². The predicted octanol–water partition coefficient (Wildman–Crippen LogP) is 1.78. The Hall–Kier alpha value is -2.54. The second-order valence-electron chi connectivity index (χ2n) is 5.18. The lowest BCUT2D eigenvalue weighted by Gasteiger charge is -2.04. The number of hydrogen-bond donors (Lipinski definition) is 1. The number of hydrogen-bond acceptors (Lipinski definition) is 6. The summed E-state index contributed by atoms with van der Waals surface area (Å²) in [6.45, 7) is 4.00. The number of rotatable bonds is 5. The summed E-state index contributed by atoms with van der Waals surface area (Å²) in [6, 6.07) is 10.1. The Bertz CT molecular complexity index is 748. The second-order valence-corrected chi connectivity index (χ2v) is 5.18. The third-order valence-electron chi connectivity index (χ3n) is 3.55. The first-order chi connectivity index (χ1) is 10.7. The van der Waals surface area contributed by atoms with E-state index in [1.807, 2.05) is 44.3 Å². The van der Waals surface area contributed by atoms with Gasteiger partial charge in [0.2, 0.25) is 0 Å². The first-order valence-corrected chi connectivity index (χ1v) is 7.17. The quantitative estimate of drug-likeness (QED) is 0.773. The molecule has 0 fully saturated rings. The average molecular weight is 298 g/mol. The van der Waals surface area contributed by atoms with Crippen molar-refractivity contribution < 1.29 is 4.52 Å². The highest BCUT2D eigenvalue weighted by Crippen LogP contribution is 2.21. The summed E-state index contributed by atoms with van der Waals surface area (Å²) < 4.78 is 7.08. The predicted molar refractivity (Wildman–Crippen MR) is 81.6 cm³/mol. The molecule has 1 N–H and O–H groups in total. The molecule has 0 aliphatic carbocycles. The highest BCUT2D eigenvalue weighted by atomic mass is 16.5. The van der Waals surface area contributed by atoms with E-state index in [1.165, 1.54) is 0 Å². The number of para-hydroxylation sites is 1. The Labute approximate surface area is 128 Å². The van der Waals surface area contributed by atoms with E-state index in [9.17, 15) is 0 Å². The number of nitrogens with one attached hydrogen (secondary N) is 1. The molecule has 7 nitrogen and oxygen atoms in total. The van der Waals surface area contributed by atoms with E-state index in [1.54, 1.807) is 4.68 Å². The number of nitrogens with zero attached hydrogens (tertiary/aromatic N) is 5. The zero-order valence-corrected chi connectivity index (χ0v) is 12.8. The minimum absolute atomic E-state index is 0.284. The van der Waals surface area contributed by atoms with Gasteiger partial charge in [-0.15, -0.1) is 5.10 Å². The first-order valence-electron chi connectivity index (χ1n) is 7.17. The summed E-state index contributed by atoms with van der Waals surface area (Å²) in [7, 11) is 1.90. The molecule has 0 aliphatic rings. The lowest BCUT2D eigenvalue weighted by Crippen LogP contribution is -2.24. The molecule has 1 unspecified atom stereocenters. The first kappa shape index (κ1) is 14.4. The van der Waals surface area contributed by atoms with Crippen molar-refractivity contribution in [2.45, 2.75) is 26.3 Å². The zero-order valence-electron chi connectivity index (χ0n) is 12.8. The van der Waals surface area contributed by atoms with Gasteiger partial charge in [0, 0.05) is 12.5 Å². The van der Waals surface area contributed by atoms with Crippen LogP contribution in [0.1, 0.15) is 18.4 Å². The van der Waals surface area contributed by atoms with Gasteiger partial charge in [0.05, 0.1) is 11.4 Å². The Kier molecular flexibility index (Phi) is 3.97. The molecule has 114 valence electrons. The van der Waals surface area contributed by atoms with E-state index in [4.69, 9.17) is 4.52 Å². The molecular formula is C15H18N6O. The van der Waals surface area contributed by atoms with Crippen LogP contribution in [0, 0.1) is 6.92 Å². The molecule has 0 saturated heterocycles. The monoisotopic (exact) mass is 298 g/mol. The highest BCUT2D eigenvalue weighted by molar-refractivity contribution is 5.51. The summed E-state index contributed by atoms with van der Waals surface area (Å²) in [6.07, 6.45) is 0.700. The van der Waals surface area contributed by atoms with Crippen molar-refractivity contribution in [1.29, 1.82) is 0 Å². The maximum absolute atomic E-state index is 5.32. The van der Waals surface area contributed by atoms with Gasteiger partial charge in [0.1, 0.15) is 0 Å². The van der Waals surface area contributed by atoms with Crippen LogP contribution < -0.4 is 5.32 Å². The summed E-state index contributed by atoms with van der Waals surface area (Å²) in [5, 5.41) is 15.5. The highest BCUT2D eigenvalue weighted by Gasteiger charge is 2.18. The SMILES string of the molecule is CNC(C)Cc1noc(-c2nnn(-c3ccccc3)c2C)n1. The van der Waals surface area contributed by atoms with Crippen LogP contribution in [0.25, 0.3) is 17.3 Å². The molecule has 0 saturated carbocycles. The van der Waals surface area contributed by atoms with E-state index >= 15 is 0 Å². The molecule has 0 radical (unpaired) electrons. The van der Waals surface area contributed by atoms with Crippen molar-refractivity contribution in [3.05, 3.63) is 41.9 Å². The van der Waals surface area contributed by atoms with Crippen molar-refractivity contribution in [3.63, 3.8) is 0 Å². The largest absolute Gasteiger partial charge is 0.332 e. The van der Waals surface area contributed by atoms with E-state index in [2.05, 4.69) is 32.7 Å². The lowest BCUT2D eigenvalue weighted by molar-refractivity contribution is 0.417. The third kappa shape index (κ3) is 2.75. The van der Waals surface area contributed by atoms with Crippen LogP contribution in [0.15, 0.2) is 34.9 Å². The fraction of sp³-hybridized carbons (Fsp3) is 0.333. The van der Waals surface area contributed by atoms with Crippen molar-refractivity contribution in [2.75, 3.05) is 7.05 Å². The number of benzene rings is 1. The minimum Gasteiger partial charge on any atom is -0.332 e. The van der Waals surface area contributed by atoms with Crippen LogP contribution in [-0.2, 0) is 6.42 Å². The van der Waals surface area contributed by atoms with Gasteiger partial charge in [-0.25, -0.2) is 4.68 Å². The molecular weight excluding hydrogens is 280 g/mol. The fourth-order valence-corrected chi connectivity index (χ4v) is 2.15. The maximum Gasteiger partial charge on any atom is 0.280 e. The van der Waals surface area contributed by atoms with E-state index < -0.39 is 0 Å². The van der Waals surface area contributed by atoms with E-state index in [0.717, 1.165) is 11.4 Å².